The van der Waals surface area contributed by atoms with Gasteiger partial charge in [0.1, 0.15) is 5.52 Å². The molecule has 8 nitrogen and oxygen atoms in total. The molecule has 8 heteroatoms. The highest BCUT2D eigenvalue weighted by molar-refractivity contribution is 5.79. The summed E-state index contributed by atoms with van der Waals surface area (Å²) in [6.45, 7) is 18.0. The Morgan fingerprint density at radius 1 is 1.05 bits per heavy atom. The summed E-state index contributed by atoms with van der Waals surface area (Å²) >= 11 is 0. The Kier molecular flexibility index (Phi) is 6.97. The number of rotatable bonds is 5. The first-order chi connectivity index (χ1) is 17.9. The quantitative estimate of drug-likeness (QED) is 0.508. The monoisotopic (exact) mass is 517 g/mol. The van der Waals surface area contributed by atoms with E-state index in [0.29, 0.717) is 6.54 Å². The van der Waals surface area contributed by atoms with Gasteiger partial charge in [0.2, 0.25) is 11.9 Å². The van der Waals surface area contributed by atoms with Crippen molar-refractivity contribution < 1.29 is 4.79 Å². The van der Waals surface area contributed by atoms with Gasteiger partial charge in [-0.15, -0.1) is 0 Å². The molecule has 1 aromatic carbocycles. The van der Waals surface area contributed by atoms with Crippen molar-refractivity contribution in [2.24, 2.45) is 7.05 Å². The molecule has 1 amide bonds. The molecule has 0 radical (unpaired) electrons. The number of hydrogen-bond donors (Lipinski definition) is 0. The van der Waals surface area contributed by atoms with Crippen LogP contribution in [0, 0.1) is 6.92 Å². The number of hydrogen-bond acceptors (Lipinski definition) is 6. The van der Waals surface area contributed by atoms with E-state index in [9.17, 15) is 4.79 Å². The third kappa shape index (κ3) is 5.28. The number of imidazole rings is 1. The topological polar surface area (TPSA) is 70.4 Å². The van der Waals surface area contributed by atoms with Gasteiger partial charge in [-0.1, -0.05) is 39.0 Å². The molecule has 2 fully saturated rings. The third-order valence-electron chi connectivity index (χ3n) is 8.35. The van der Waals surface area contributed by atoms with E-state index in [2.05, 4.69) is 74.5 Å². The second-order valence-corrected chi connectivity index (χ2v) is 12.8. The first-order valence-electron chi connectivity index (χ1n) is 14.0. The smallest absolute Gasteiger partial charge is 0.236 e. The number of aryl methyl sites for hydroxylation is 2. The van der Waals surface area contributed by atoms with Gasteiger partial charge in [-0.25, -0.2) is 9.97 Å². The number of amides is 1. The molecule has 2 saturated heterocycles. The standard InChI is InChI=1S/C30H43N7O/c1-21-10-11-23(29(2,3)4)16-22(21)17-24-26-27(31-20-34(26)7)33-28(32-24)36-14-15-37(30(5,6)19-36)18-25(38)35-12-8-9-13-35/h10-11,16,20H,8-9,12-15,17-19H2,1-7H3. The van der Waals surface area contributed by atoms with Crippen LogP contribution in [0.2, 0.25) is 0 Å². The van der Waals surface area contributed by atoms with Crippen LogP contribution in [0.1, 0.15) is 69.8 Å². The van der Waals surface area contributed by atoms with Gasteiger partial charge in [-0.2, -0.15) is 4.98 Å². The zero-order valence-corrected chi connectivity index (χ0v) is 24.2. The average Bonchev–Trinajstić information content (AvgIpc) is 3.51. The molecule has 4 heterocycles. The highest BCUT2D eigenvalue weighted by Crippen LogP contribution is 2.29. The Balaban J connectivity index is 1.41. The van der Waals surface area contributed by atoms with Crippen molar-refractivity contribution in [3.8, 4) is 0 Å². The van der Waals surface area contributed by atoms with Crippen molar-refractivity contribution in [1.82, 2.24) is 29.3 Å². The first kappa shape index (κ1) is 26.6. The average molecular weight is 518 g/mol. The third-order valence-corrected chi connectivity index (χ3v) is 8.35. The van der Waals surface area contributed by atoms with Crippen LogP contribution in [0.4, 0.5) is 5.95 Å². The van der Waals surface area contributed by atoms with E-state index < -0.39 is 0 Å². The molecule has 0 N–H and O–H groups in total. The molecule has 0 atom stereocenters. The van der Waals surface area contributed by atoms with Crippen LogP contribution < -0.4 is 4.90 Å². The van der Waals surface area contributed by atoms with Crippen molar-refractivity contribution in [1.29, 1.82) is 0 Å². The van der Waals surface area contributed by atoms with Crippen LogP contribution in [-0.2, 0) is 23.7 Å². The molecule has 2 aliphatic heterocycles. The summed E-state index contributed by atoms with van der Waals surface area (Å²) in [5.74, 6) is 0.986. The number of carbonyl (C=O) groups is 1. The van der Waals surface area contributed by atoms with E-state index in [1.165, 1.54) is 16.7 Å². The minimum absolute atomic E-state index is 0.0859. The summed E-state index contributed by atoms with van der Waals surface area (Å²) in [7, 11) is 2.01. The summed E-state index contributed by atoms with van der Waals surface area (Å²) in [6, 6.07) is 6.79. The minimum Gasteiger partial charge on any atom is -0.342 e. The number of carbonyl (C=O) groups excluding carboxylic acids is 1. The predicted molar refractivity (Wildman–Crippen MR) is 153 cm³/mol. The molecule has 0 aliphatic carbocycles. The lowest BCUT2D eigenvalue weighted by Crippen LogP contribution is -2.61. The van der Waals surface area contributed by atoms with Crippen molar-refractivity contribution >= 4 is 23.0 Å². The fourth-order valence-corrected chi connectivity index (χ4v) is 5.78. The maximum Gasteiger partial charge on any atom is 0.236 e. The van der Waals surface area contributed by atoms with E-state index in [0.717, 1.165) is 74.8 Å². The molecule has 0 spiro atoms. The van der Waals surface area contributed by atoms with E-state index >= 15 is 0 Å². The van der Waals surface area contributed by atoms with Gasteiger partial charge >= 0.3 is 0 Å². The Morgan fingerprint density at radius 3 is 2.47 bits per heavy atom. The second-order valence-electron chi connectivity index (χ2n) is 12.8. The summed E-state index contributed by atoms with van der Waals surface area (Å²) in [6.07, 6.45) is 4.81. The van der Waals surface area contributed by atoms with Gasteiger partial charge in [-0.05, 0) is 55.7 Å². The molecular weight excluding hydrogens is 474 g/mol. The molecule has 0 saturated carbocycles. The molecular formula is C30H43N7O. The van der Waals surface area contributed by atoms with E-state index in [-0.39, 0.29) is 16.9 Å². The first-order valence-corrected chi connectivity index (χ1v) is 14.0. The highest BCUT2D eigenvalue weighted by Gasteiger charge is 2.37. The van der Waals surface area contributed by atoms with Gasteiger partial charge < -0.3 is 14.4 Å². The number of fused-ring (bicyclic) bond motifs is 1. The fraction of sp³-hybridized carbons (Fsp3) is 0.600. The largest absolute Gasteiger partial charge is 0.342 e. The lowest BCUT2D eigenvalue weighted by atomic mass is 9.84. The Labute approximate surface area is 227 Å². The van der Waals surface area contributed by atoms with E-state index in [1.807, 2.05) is 22.8 Å². The van der Waals surface area contributed by atoms with Gasteiger partial charge in [0.15, 0.2) is 5.65 Å². The van der Waals surface area contributed by atoms with Crippen molar-refractivity contribution in [2.45, 2.75) is 71.8 Å². The van der Waals surface area contributed by atoms with Crippen molar-refractivity contribution in [3.63, 3.8) is 0 Å². The zero-order valence-electron chi connectivity index (χ0n) is 24.2. The van der Waals surface area contributed by atoms with Gasteiger partial charge in [0, 0.05) is 51.7 Å². The number of benzene rings is 1. The lowest BCUT2D eigenvalue weighted by Gasteiger charge is -2.47. The van der Waals surface area contributed by atoms with Gasteiger partial charge in [-0.3, -0.25) is 9.69 Å². The van der Waals surface area contributed by atoms with Crippen LogP contribution in [0.3, 0.4) is 0 Å². The van der Waals surface area contributed by atoms with Gasteiger partial charge in [0.05, 0.1) is 18.6 Å². The fourth-order valence-electron chi connectivity index (χ4n) is 5.78. The molecule has 2 aromatic heterocycles. The zero-order chi connectivity index (χ0) is 27.2. The molecule has 0 unspecified atom stereocenters. The SMILES string of the molecule is Cc1ccc(C(C)(C)C)cc1Cc1nc(N2CCN(CC(=O)N3CCCC3)C(C)(C)C2)nc2ncn(C)c12. The van der Waals surface area contributed by atoms with E-state index in [1.54, 1.807) is 0 Å². The summed E-state index contributed by atoms with van der Waals surface area (Å²) < 4.78 is 2.03. The minimum atomic E-state index is -0.173. The number of nitrogens with zero attached hydrogens (tertiary/aromatic N) is 7. The molecule has 0 bridgehead atoms. The maximum absolute atomic E-state index is 12.9. The predicted octanol–water partition coefficient (Wildman–Crippen LogP) is 4.08. The Hall–Kier alpha value is -3.00. The van der Waals surface area contributed by atoms with Crippen LogP contribution >= 0.6 is 0 Å². The highest BCUT2D eigenvalue weighted by atomic mass is 16.2. The number of likely N-dealkylation sites (tertiary alicyclic amines) is 1. The van der Waals surface area contributed by atoms with Crippen molar-refractivity contribution in [3.05, 3.63) is 46.9 Å². The molecule has 5 rings (SSSR count). The maximum atomic E-state index is 12.9. The Bertz CT molecular complexity index is 1330. The lowest BCUT2D eigenvalue weighted by molar-refractivity contribution is -0.133. The van der Waals surface area contributed by atoms with Crippen LogP contribution in [0.15, 0.2) is 24.5 Å². The number of anilines is 1. The molecule has 2 aliphatic rings. The Morgan fingerprint density at radius 2 is 1.79 bits per heavy atom. The molecule has 38 heavy (non-hydrogen) atoms. The van der Waals surface area contributed by atoms with E-state index in [4.69, 9.17) is 9.97 Å². The molecule has 3 aromatic rings. The van der Waals surface area contributed by atoms with Crippen molar-refractivity contribution in [2.75, 3.05) is 44.2 Å². The van der Waals surface area contributed by atoms with Crippen LogP contribution in [0.25, 0.3) is 11.2 Å². The summed E-state index contributed by atoms with van der Waals surface area (Å²) in [5.41, 5.74) is 6.53. The normalized spacial score (nSPS) is 18.5. The molecule has 204 valence electrons. The van der Waals surface area contributed by atoms with Crippen LogP contribution in [-0.4, -0.2) is 80.0 Å². The number of aromatic nitrogens is 4. The van der Waals surface area contributed by atoms with Crippen LogP contribution in [0.5, 0.6) is 0 Å². The number of piperazine rings is 1. The summed E-state index contributed by atoms with van der Waals surface area (Å²) in [5, 5.41) is 0. The summed E-state index contributed by atoms with van der Waals surface area (Å²) in [4.78, 5) is 34.2. The second kappa shape index (κ2) is 9.95. The van der Waals surface area contributed by atoms with Gasteiger partial charge in [0.25, 0.3) is 0 Å².